The number of carbonyl (C=O) groups is 1. The van der Waals surface area contributed by atoms with E-state index in [1.54, 1.807) is 0 Å². The summed E-state index contributed by atoms with van der Waals surface area (Å²) in [5.74, 6) is -2.46. The van der Waals surface area contributed by atoms with Crippen molar-refractivity contribution in [3.8, 4) is 0 Å². The largest absolute Gasteiger partial charge is 0.434 e. The Bertz CT molecular complexity index is 250. The minimum Gasteiger partial charge on any atom is -0.434 e. The number of esters is 1. The average Bonchev–Trinajstić information content (AvgIpc) is 1.99. The van der Waals surface area contributed by atoms with Crippen LogP contribution in [0.1, 0.15) is 6.92 Å². The Morgan fingerprint density at radius 3 is 1.67 bits per heavy atom. The predicted molar refractivity (Wildman–Crippen MR) is 36.5 cm³/mol. The molecule has 0 saturated heterocycles. The lowest BCUT2D eigenvalue weighted by atomic mass is 9.89. The summed E-state index contributed by atoms with van der Waals surface area (Å²) in [7, 11) is 0. The van der Waals surface area contributed by atoms with Gasteiger partial charge in [-0.05, 0) is 6.92 Å². The molecule has 0 aliphatic rings. The van der Waals surface area contributed by atoms with Gasteiger partial charge in [-0.15, -0.1) is 0 Å². The fourth-order valence-corrected chi connectivity index (χ4v) is 0.586. The molecule has 0 aliphatic carbocycles. The summed E-state index contributed by atoms with van der Waals surface area (Å²) in [6, 6.07) is 0. The summed E-state index contributed by atoms with van der Waals surface area (Å²) in [6.45, 7) is 2.41. The van der Waals surface area contributed by atoms with Crippen LogP contribution in [0, 0.1) is 5.41 Å². The topological polar surface area (TPSA) is 26.3 Å². The molecule has 0 N–H and O–H groups in total. The summed E-state index contributed by atoms with van der Waals surface area (Å²) >= 11 is 0. The third-order valence-corrected chi connectivity index (χ3v) is 1.73. The molecule has 8 heteroatoms. The van der Waals surface area contributed by atoms with E-state index < -0.39 is 23.7 Å². The highest BCUT2D eigenvalue weighted by molar-refractivity contribution is 5.79. The van der Waals surface area contributed by atoms with E-state index >= 15 is 0 Å². The van der Waals surface area contributed by atoms with Gasteiger partial charge in [-0.1, -0.05) is 6.58 Å². The Balaban J connectivity index is 5.42. The highest BCUT2D eigenvalue weighted by Crippen LogP contribution is 2.50. The fraction of sp³-hybridized carbons (Fsp3) is 0.571. The monoisotopic (exact) mass is 236 g/mol. The van der Waals surface area contributed by atoms with Crippen LogP contribution in [0.25, 0.3) is 0 Å². The van der Waals surface area contributed by atoms with Gasteiger partial charge in [0.15, 0.2) is 0 Å². The molecule has 0 aliphatic heterocycles. The number of ether oxygens (including phenoxy) is 1. The second-order valence-corrected chi connectivity index (χ2v) is 2.69. The molecule has 0 aromatic heterocycles. The van der Waals surface area contributed by atoms with E-state index in [1.165, 1.54) is 0 Å². The predicted octanol–water partition coefficient (Wildman–Crippen LogP) is 2.80. The second kappa shape index (κ2) is 3.74. The molecule has 0 fully saturated rings. The van der Waals surface area contributed by atoms with E-state index in [1.807, 2.05) is 0 Å². The molecule has 0 radical (unpaired) electrons. The Hall–Kier alpha value is -1.21. The highest BCUT2D eigenvalue weighted by atomic mass is 19.4. The van der Waals surface area contributed by atoms with Gasteiger partial charge in [0.05, 0.1) is 6.26 Å². The molecule has 15 heavy (non-hydrogen) atoms. The molecule has 0 amide bonds. The van der Waals surface area contributed by atoms with Crippen molar-refractivity contribution in [2.75, 3.05) is 0 Å². The first kappa shape index (κ1) is 13.8. The van der Waals surface area contributed by atoms with Crippen molar-refractivity contribution in [1.29, 1.82) is 0 Å². The maximum Gasteiger partial charge on any atom is 0.413 e. The first-order valence-electron chi connectivity index (χ1n) is 3.44. The van der Waals surface area contributed by atoms with Crippen LogP contribution in [-0.2, 0) is 9.53 Å². The first-order valence-corrected chi connectivity index (χ1v) is 3.44. The average molecular weight is 236 g/mol. The number of hydrogen-bond acceptors (Lipinski definition) is 2. The SMILES string of the molecule is C=COC(=O)C(C)(C(F)(F)F)C(F)(F)F. The summed E-state index contributed by atoms with van der Waals surface area (Å²) in [5.41, 5.74) is -4.55. The number of alkyl halides is 6. The van der Waals surface area contributed by atoms with Gasteiger partial charge in [-0.2, -0.15) is 26.3 Å². The highest BCUT2D eigenvalue weighted by Gasteiger charge is 2.73. The molecular formula is C7H6F6O2. The maximum atomic E-state index is 12.1. The van der Waals surface area contributed by atoms with Crippen LogP contribution >= 0.6 is 0 Å². The zero-order chi connectivity index (χ0) is 12.5. The molecular weight excluding hydrogens is 230 g/mol. The quantitative estimate of drug-likeness (QED) is 0.418. The zero-order valence-corrected chi connectivity index (χ0v) is 7.37. The van der Waals surface area contributed by atoms with Gasteiger partial charge in [0, 0.05) is 0 Å². The lowest BCUT2D eigenvalue weighted by Crippen LogP contribution is -2.53. The van der Waals surface area contributed by atoms with Gasteiger partial charge in [-0.25, -0.2) is 0 Å². The van der Waals surface area contributed by atoms with Crippen LogP contribution in [0.3, 0.4) is 0 Å². The summed E-state index contributed by atoms with van der Waals surface area (Å²) in [6.07, 6.45) is -11.4. The van der Waals surface area contributed by atoms with Crippen molar-refractivity contribution in [2.45, 2.75) is 19.3 Å². The zero-order valence-electron chi connectivity index (χ0n) is 7.37. The number of halogens is 6. The standard InChI is InChI=1S/C7H6F6O2/c1-3-15-4(14)5(2,6(8,9)10)7(11,12)13/h3H,1H2,2H3. The van der Waals surface area contributed by atoms with Crippen LogP contribution in [-0.4, -0.2) is 18.3 Å². The van der Waals surface area contributed by atoms with E-state index in [-0.39, 0.29) is 13.2 Å². The molecule has 2 nitrogen and oxygen atoms in total. The van der Waals surface area contributed by atoms with Crippen molar-refractivity contribution < 1.29 is 35.9 Å². The van der Waals surface area contributed by atoms with E-state index in [0.717, 1.165) is 0 Å². The molecule has 0 bridgehead atoms. The van der Waals surface area contributed by atoms with Crippen LogP contribution in [0.2, 0.25) is 0 Å². The van der Waals surface area contributed by atoms with Gasteiger partial charge >= 0.3 is 18.3 Å². The molecule has 0 spiro atoms. The van der Waals surface area contributed by atoms with Crippen LogP contribution in [0.15, 0.2) is 12.8 Å². The number of rotatable bonds is 2. The molecule has 0 aromatic rings. The van der Waals surface area contributed by atoms with Crippen LogP contribution in [0.5, 0.6) is 0 Å². The van der Waals surface area contributed by atoms with E-state index in [9.17, 15) is 31.1 Å². The molecule has 0 rings (SSSR count). The van der Waals surface area contributed by atoms with Crippen molar-refractivity contribution in [3.63, 3.8) is 0 Å². The van der Waals surface area contributed by atoms with E-state index in [4.69, 9.17) is 0 Å². The van der Waals surface area contributed by atoms with Crippen molar-refractivity contribution in [2.24, 2.45) is 5.41 Å². The molecule has 0 atom stereocenters. The second-order valence-electron chi connectivity index (χ2n) is 2.69. The van der Waals surface area contributed by atoms with Crippen molar-refractivity contribution in [1.82, 2.24) is 0 Å². The Kier molecular flexibility index (Phi) is 3.44. The molecule has 0 saturated carbocycles. The van der Waals surface area contributed by atoms with Crippen molar-refractivity contribution >= 4 is 5.97 Å². The summed E-state index contributed by atoms with van der Waals surface area (Å²) in [4.78, 5) is 10.6. The summed E-state index contributed by atoms with van der Waals surface area (Å²) < 4.78 is 76.3. The molecule has 88 valence electrons. The van der Waals surface area contributed by atoms with Crippen molar-refractivity contribution in [3.05, 3.63) is 12.8 Å². The smallest absolute Gasteiger partial charge is 0.413 e. The van der Waals surface area contributed by atoms with Crippen LogP contribution in [0.4, 0.5) is 26.3 Å². The number of hydrogen-bond donors (Lipinski definition) is 0. The Morgan fingerprint density at radius 2 is 1.47 bits per heavy atom. The van der Waals surface area contributed by atoms with Gasteiger partial charge in [-0.3, -0.25) is 4.79 Å². The summed E-state index contributed by atoms with van der Waals surface area (Å²) in [5, 5.41) is 0. The molecule has 0 unspecified atom stereocenters. The Morgan fingerprint density at radius 1 is 1.13 bits per heavy atom. The Labute approximate surface area is 80.5 Å². The van der Waals surface area contributed by atoms with Gasteiger partial charge < -0.3 is 4.74 Å². The van der Waals surface area contributed by atoms with Gasteiger partial charge in [0.1, 0.15) is 0 Å². The minimum atomic E-state index is -5.79. The molecule has 0 heterocycles. The third-order valence-electron chi connectivity index (χ3n) is 1.73. The van der Waals surface area contributed by atoms with E-state index in [0.29, 0.717) is 0 Å². The first-order chi connectivity index (χ1) is 6.48. The number of carbonyl (C=O) groups excluding carboxylic acids is 1. The minimum absolute atomic E-state index is 0.206. The third kappa shape index (κ3) is 2.24. The van der Waals surface area contributed by atoms with Gasteiger partial charge in [0.25, 0.3) is 5.41 Å². The molecule has 0 aromatic carbocycles. The normalized spacial score (nSPS) is 13.5. The lowest BCUT2D eigenvalue weighted by Gasteiger charge is -2.30. The van der Waals surface area contributed by atoms with E-state index in [2.05, 4.69) is 11.3 Å². The lowest BCUT2D eigenvalue weighted by molar-refractivity contribution is -0.324. The maximum absolute atomic E-state index is 12.1. The fourth-order valence-electron chi connectivity index (χ4n) is 0.586. The van der Waals surface area contributed by atoms with Gasteiger partial charge in [0.2, 0.25) is 0 Å². The van der Waals surface area contributed by atoms with Crippen LogP contribution < -0.4 is 0 Å².